The fraction of sp³-hybridized carbons (Fsp3) is 0.886. The van der Waals surface area contributed by atoms with E-state index in [1.165, 1.54) is 10.6 Å². The molecule has 0 aromatic rings. The molecule has 0 aromatic carbocycles. The molecule has 5 aliphatic carbocycles. The lowest BCUT2D eigenvalue weighted by Crippen LogP contribution is -2.66. The molecule has 8 nitrogen and oxygen atoms in total. The van der Waals surface area contributed by atoms with E-state index in [9.17, 15) is 24.7 Å². The normalized spacial score (nSPS) is 44.0. The SMILES string of the molecule is CSCC[C@H](NC(=O)[C@@]1(C)CC[C@]2(C)CC[C@]3(C)C(=CC(=O)[C@@H]4[C@@]5(C)CC[C@H](O)C(C)(C)[C@@H]5CC[C@]43C)[C@@H]2C1)C(=O)NC1CC(C)(C)N([O])C(C)(C)C1. The molecule has 6 rings (SSSR count). The van der Waals surface area contributed by atoms with E-state index in [2.05, 4.69) is 65.2 Å². The maximum Gasteiger partial charge on any atom is 0.242 e. The molecule has 1 aliphatic heterocycles. The number of nitrogens with one attached hydrogen (secondary N) is 2. The summed E-state index contributed by atoms with van der Waals surface area (Å²) in [6, 6.07) is -0.808. The second kappa shape index (κ2) is 13.3. The van der Waals surface area contributed by atoms with Gasteiger partial charge < -0.3 is 15.7 Å². The number of aliphatic hydroxyl groups is 1. The summed E-state index contributed by atoms with van der Waals surface area (Å²) >= 11 is 1.67. The van der Waals surface area contributed by atoms with E-state index in [-0.39, 0.29) is 68.7 Å². The van der Waals surface area contributed by atoms with Crippen LogP contribution in [0.2, 0.25) is 0 Å². The zero-order valence-corrected chi connectivity index (χ0v) is 36.0. The zero-order valence-electron chi connectivity index (χ0n) is 35.2. The predicted molar refractivity (Wildman–Crippen MR) is 212 cm³/mol. The predicted octanol–water partition coefficient (Wildman–Crippen LogP) is 8.05. The number of rotatable bonds is 7. The Morgan fingerprint density at radius 3 is 2.13 bits per heavy atom. The molecule has 3 N–H and O–H groups in total. The average molecular weight is 755 g/mol. The standard InChI is InChI=1S/C44H72N3O5S/c1-37(2)24-27(25-38(3,4)47(37)52)45-35(50)30(15-22-53-12)46-36(51)41(8)19-18-40(7)20-21-43(10)28(29(40)26-41)23-31(48)34-42(9)16-14-33(49)39(5,6)32(42)13-17-44(34,43)11/h23,27,29-30,32-34,49H,13-22,24-26H2,1-12H3,(H,45,50)(H,46,51)/t29-,30-,32-,33-,34+,40+,41-,42-,43+,44+/m0/s1. The van der Waals surface area contributed by atoms with Gasteiger partial charge in [0.05, 0.1) is 6.10 Å². The molecule has 0 bridgehead atoms. The fourth-order valence-corrected chi connectivity index (χ4v) is 14.4. The van der Waals surface area contributed by atoms with Gasteiger partial charge in [0.15, 0.2) is 5.78 Å². The molecule has 299 valence electrons. The van der Waals surface area contributed by atoms with Crippen molar-refractivity contribution in [3.05, 3.63) is 11.6 Å². The van der Waals surface area contributed by atoms with Crippen LogP contribution in [0, 0.1) is 50.2 Å². The van der Waals surface area contributed by atoms with Crippen LogP contribution < -0.4 is 10.6 Å². The smallest absolute Gasteiger partial charge is 0.242 e. The number of ketones is 1. The first-order valence-electron chi connectivity index (χ1n) is 20.8. The molecule has 1 radical (unpaired) electrons. The van der Waals surface area contributed by atoms with Crippen LogP contribution in [-0.2, 0) is 19.6 Å². The molecule has 9 heteroatoms. The monoisotopic (exact) mass is 755 g/mol. The largest absolute Gasteiger partial charge is 0.393 e. The topological polar surface area (TPSA) is 119 Å². The van der Waals surface area contributed by atoms with E-state index in [4.69, 9.17) is 0 Å². The van der Waals surface area contributed by atoms with Gasteiger partial charge in [0, 0.05) is 28.5 Å². The molecule has 0 unspecified atom stereocenters. The van der Waals surface area contributed by atoms with Gasteiger partial charge in [0.2, 0.25) is 11.8 Å². The number of carbonyl (C=O) groups excluding carboxylic acids is 3. The Labute approximate surface area is 325 Å². The summed E-state index contributed by atoms with van der Waals surface area (Å²) in [7, 11) is 0. The second-order valence-electron chi connectivity index (χ2n) is 22.0. The van der Waals surface area contributed by atoms with Gasteiger partial charge in [-0.1, -0.05) is 54.0 Å². The summed E-state index contributed by atoms with van der Waals surface area (Å²) in [5.41, 5.74) is -1.33. The maximum atomic E-state index is 14.8. The van der Waals surface area contributed by atoms with Crippen LogP contribution in [0.25, 0.3) is 0 Å². The van der Waals surface area contributed by atoms with E-state index >= 15 is 0 Å². The molecule has 0 spiro atoms. The molecule has 2 amide bonds. The minimum absolute atomic E-state index is 0.0122. The molecular formula is C44H72N3O5S. The minimum Gasteiger partial charge on any atom is -0.393 e. The quantitative estimate of drug-likeness (QED) is 0.242. The van der Waals surface area contributed by atoms with Gasteiger partial charge >= 0.3 is 0 Å². The summed E-state index contributed by atoms with van der Waals surface area (Å²) in [5.74, 6) is 1.11. The Kier molecular flexibility index (Phi) is 10.4. The lowest BCUT2D eigenvalue weighted by molar-refractivity contribution is -0.290. The Morgan fingerprint density at radius 2 is 1.51 bits per heavy atom. The molecule has 1 saturated heterocycles. The third-order valence-electron chi connectivity index (χ3n) is 17.3. The zero-order chi connectivity index (χ0) is 39.4. The van der Waals surface area contributed by atoms with Gasteiger partial charge in [0.25, 0.3) is 0 Å². The summed E-state index contributed by atoms with van der Waals surface area (Å²) in [4.78, 5) is 43.3. The molecule has 4 saturated carbocycles. The number of fused-ring (bicyclic) bond motifs is 7. The number of amides is 2. The van der Waals surface area contributed by atoms with Crippen LogP contribution in [0.1, 0.15) is 153 Å². The fourth-order valence-electron chi connectivity index (χ4n) is 13.9. The van der Waals surface area contributed by atoms with Crippen molar-refractivity contribution < 1.29 is 24.7 Å². The Bertz CT molecular complexity index is 1510. The highest BCUT2D eigenvalue weighted by molar-refractivity contribution is 7.98. The Balaban J connectivity index is 1.25. The third kappa shape index (κ3) is 6.40. The number of hydrogen-bond donors (Lipinski definition) is 3. The van der Waals surface area contributed by atoms with Crippen molar-refractivity contribution in [3.63, 3.8) is 0 Å². The number of hydrogen-bond acceptors (Lipinski definition) is 6. The average Bonchev–Trinajstić information content (AvgIpc) is 3.05. The lowest BCUT2D eigenvalue weighted by Gasteiger charge is -2.70. The van der Waals surface area contributed by atoms with Crippen LogP contribution in [0.5, 0.6) is 0 Å². The van der Waals surface area contributed by atoms with Gasteiger partial charge in [-0.3, -0.25) is 14.4 Å². The van der Waals surface area contributed by atoms with Crippen molar-refractivity contribution in [1.82, 2.24) is 15.7 Å². The van der Waals surface area contributed by atoms with Crippen LogP contribution in [0.3, 0.4) is 0 Å². The molecule has 10 atom stereocenters. The lowest BCUT2D eigenvalue weighted by atomic mass is 9.33. The second-order valence-corrected chi connectivity index (χ2v) is 23.0. The highest BCUT2D eigenvalue weighted by Crippen LogP contribution is 2.75. The van der Waals surface area contributed by atoms with E-state index in [0.29, 0.717) is 31.6 Å². The third-order valence-corrected chi connectivity index (χ3v) is 17.9. The van der Waals surface area contributed by atoms with Crippen LogP contribution >= 0.6 is 11.8 Å². The Hall–Kier alpha value is -1.42. The van der Waals surface area contributed by atoms with Crippen LogP contribution in [-0.4, -0.2) is 69.0 Å². The summed E-state index contributed by atoms with van der Waals surface area (Å²) in [5, 5.41) is 31.8. The number of allylic oxidation sites excluding steroid dienone is 2. The van der Waals surface area contributed by atoms with E-state index in [0.717, 1.165) is 57.1 Å². The van der Waals surface area contributed by atoms with Crippen LogP contribution in [0.4, 0.5) is 0 Å². The van der Waals surface area contributed by atoms with Gasteiger partial charge in [-0.25, -0.2) is 0 Å². The van der Waals surface area contributed by atoms with Crippen molar-refractivity contribution in [1.29, 1.82) is 0 Å². The number of aliphatic hydroxyl groups excluding tert-OH is 1. The first kappa shape index (κ1) is 41.2. The van der Waals surface area contributed by atoms with E-state index < -0.39 is 22.5 Å². The van der Waals surface area contributed by atoms with Crippen molar-refractivity contribution >= 4 is 29.4 Å². The maximum absolute atomic E-state index is 14.8. The summed E-state index contributed by atoms with van der Waals surface area (Å²) < 4.78 is 0. The van der Waals surface area contributed by atoms with Gasteiger partial charge in [0.1, 0.15) is 6.04 Å². The number of piperidine rings is 1. The highest BCUT2D eigenvalue weighted by Gasteiger charge is 2.70. The molecule has 1 heterocycles. The molecular weight excluding hydrogens is 683 g/mol. The Morgan fingerprint density at radius 1 is 0.887 bits per heavy atom. The van der Waals surface area contributed by atoms with Gasteiger partial charge in [-0.05, 0) is 162 Å². The summed E-state index contributed by atoms with van der Waals surface area (Å²) in [6.07, 6.45) is 13.5. The van der Waals surface area contributed by atoms with E-state index in [1.807, 2.05) is 34.0 Å². The van der Waals surface area contributed by atoms with Crippen molar-refractivity contribution in [2.45, 2.75) is 182 Å². The van der Waals surface area contributed by atoms with E-state index in [1.54, 1.807) is 11.8 Å². The number of carbonyl (C=O) groups is 3. The minimum atomic E-state index is -0.674. The van der Waals surface area contributed by atoms with Gasteiger partial charge in [-0.2, -0.15) is 11.8 Å². The highest BCUT2D eigenvalue weighted by atomic mass is 32.2. The molecule has 0 aromatic heterocycles. The molecule has 6 aliphatic rings. The van der Waals surface area contributed by atoms with Crippen molar-refractivity contribution in [2.75, 3.05) is 12.0 Å². The number of hydroxylamine groups is 2. The molecule has 5 fully saturated rings. The van der Waals surface area contributed by atoms with Crippen molar-refractivity contribution in [2.24, 2.45) is 50.2 Å². The van der Waals surface area contributed by atoms with Crippen LogP contribution in [0.15, 0.2) is 11.6 Å². The van der Waals surface area contributed by atoms with Gasteiger partial charge in [-0.15, -0.1) is 10.3 Å². The first-order chi connectivity index (χ1) is 24.3. The van der Waals surface area contributed by atoms with Crippen molar-refractivity contribution in [3.8, 4) is 0 Å². The summed E-state index contributed by atoms with van der Waals surface area (Å²) in [6.45, 7) is 23.9. The molecule has 53 heavy (non-hydrogen) atoms. The number of thioether (sulfide) groups is 1. The number of nitrogens with zero attached hydrogens (tertiary/aromatic N) is 1. The first-order valence-corrected chi connectivity index (χ1v) is 22.2.